The number of rotatable bonds is 7. The van der Waals surface area contributed by atoms with Crippen molar-refractivity contribution in [3.8, 4) is 11.5 Å². The van der Waals surface area contributed by atoms with E-state index in [1.807, 2.05) is 30.3 Å². The number of hydrogen-bond acceptors (Lipinski definition) is 8. The molecule has 7 rings (SSSR count). The van der Waals surface area contributed by atoms with Crippen LogP contribution in [0.3, 0.4) is 0 Å². The maximum absolute atomic E-state index is 13.6. The van der Waals surface area contributed by atoms with Crippen LogP contribution in [0.4, 0.5) is 10.1 Å². The average molecular weight is 584 g/mol. The number of nitrogens with zero attached hydrogens (tertiary/aromatic N) is 7. The van der Waals surface area contributed by atoms with Crippen LogP contribution < -0.4 is 5.32 Å². The normalized spacial score (nSPS) is 20.7. The zero-order valence-electron chi connectivity index (χ0n) is 25.9. The molecule has 0 spiro atoms. The number of nitrogens with one attached hydrogen (secondary N) is 1. The van der Waals surface area contributed by atoms with Gasteiger partial charge in [-0.1, -0.05) is 30.3 Å². The summed E-state index contributed by atoms with van der Waals surface area (Å²) in [6.07, 6.45) is 1.95. The number of aromatic nitrogens is 6. The van der Waals surface area contributed by atoms with Gasteiger partial charge in [-0.15, -0.1) is 10.2 Å². The van der Waals surface area contributed by atoms with Gasteiger partial charge in [-0.25, -0.2) is 9.37 Å². The van der Waals surface area contributed by atoms with Crippen molar-refractivity contribution < 1.29 is 22.5 Å². The lowest BCUT2D eigenvalue weighted by molar-refractivity contribution is -0.117. The standard InChI is InChI=1S/C31H29FN8O3/c1-18-36-38-40(37-18)28(19-5-3-2-4-6-19)20-10-13-39(14-11-20)31(42)26-15-21(9-12-33-26)30-35-25-16-22(7-8-27(25)43-30)34-29(41)23-17-24(23)32/h2-9,12,15-16,20,23-24,28H,10-11,13-14,17H2,1H3,(H,34,41)/t23-,24+,28?/m1/s1/i1D3. The van der Waals surface area contributed by atoms with E-state index in [4.69, 9.17) is 8.53 Å². The topological polar surface area (TPSA) is 132 Å². The molecule has 2 amide bonds. The summed E-state index contributed by atoms with van der Waals surface area (Å²) in [5.74, 6) is -1.17. The number of carbonyl (C=O) groups excluding carboxylic acids is 2. The number of alkyl halides is 1. The number of pyridine rings is 1. The molecule has 1 saturated heterocycles. The van der Waals surface area contributed by atoms with Gasteiger partial charge in [-0.05, 0) is 73.1 Å². The number of fused-ring (bicyclic) bond motifs is 1. The first-order chi connectivity index (χ1) is 22.1. The summed E-state index contributed by atoms with van der Waals surface area (Å²) in [5.41, 5.74) is 3.25. The number of aryl methyl sites for hydroxylation is 1. The lowest BCUT2D eigenvalue weighted by Crippen LogP contribution is -2.41. The summed E-state index contributed by atoms with van der Waals surface area (Å²) in [6, 6.07) is 17.6. The van der Waals surface area contributed by atoms with Crippen molar-refractivity contribution in [1.29, 1.82) is 0 Å². The molecule has 2 aliphatic rings. The Hall–Kier alpha value is -5.00. The summed E-state index contributed by atoms with van der Waals surface area (Å²) in [7, 11) is 0. The highest BCUT2D eigenvalue weighted by Gasteiger charge is 2.43. The third kappa shape index (κ3) is 5.47. The second kappa shape index (κ2) is 11.0. The van der Waals surface area contributed by atoms with Gasteiger partial charge in [-0.2, -0.15) is 4.80 Å². The number of piperidine rings is 1. The summed E-state index contributed by atoms with van der Waals surface area (Å²) in [4.78, 5) is 37.7. The Morgan fingerprint density at radius 2 is 1.93 bits per heavy atom. The SMILES string of the molecule is [2H]C([2H])([2H])c1nnn(C(c2ccccc2)C2CCN(C(=O)c3cc(-c4nc5cc(NC(=O)[C@@H]6C[C@@H]6F)ccc5o4)ccn3)CC2)n1. The van der Waals surface area contributed by atoms with E-state index in [0.29, 0.717) is 54.2 Å². The minimum absolute atomic E-state index is 0.0292. The first-order valence-electron chi connectivity index (χ1n) is 15.6. The number of halogens is 1. The van der Waals surface area contributed by atoms with Crippen molar-refractivity contribution >= 4 is 28.6 Å². The minimum Gasteiger partial charge on any atom is -0.436 e. The molecule has 1 saturated carbocycles. The quantitative estimate of drug-likeness (QED) is 0.294. The Morgan fingerprint density at radius 3 is 2.67 bits per heavy atom. The van der Waals surface area contributed by atoms with E-state index >= 15 is 0 Å². The molecule has 0 radical (unpaired) electrons. The molecule has 0 bridgehead atoms. The molecule has 2 aromatic carbocycles. The van der Waals surface area contributed by atoms with Crippen molar-refractivity contribution in [3.05, 3.63) is 83.9 Å². The van der Waals surface area contributed by atoms with E-state index in [-0.39, 0.29) is 41.7 Å². The van der Waals surface area contributed by atoms with Gasteiger partial charge >= 0.3 is 0 Å². The molecule has 4 heterocycles. The van der Waals surface area contributed by atoms with E-state index in [1.165, 1.54) is 11.0 Å². The fourth-order valence-corrected chi connectivity index (χ4v) is 5.65. The van der Waals surface area contributed by atoms with Gasteiger partial charge in [0.2, 0.25) is 11.8 Å². The van der Waals surface area contributed by atoms with Gasteiger partial charge in [0.1, 0.15) is 23.4 Å². The molecule has 2 fully saturated rings. The number of oxazole rings is 1. The van der Waals surface area contributed by atoms with Crippen LogP contribution >= 0.6 is 0 Å². The molecule has 5 aromatic rings. The Kier molecular flexibility index (Phi) is 6.03. The molecular formula is C31H29FN8O3. The molecule has 1 aliphatic heterocycles. The fourth-order valence-electron chi connectivity index (χ4n) is 5.65. The highest BCUT2D eigenvalue weighted by Crippen LogP contribution is 2.36. The maximum Gasteiger partial charge on any atom is 0.272 e. The van der Waals surface area contributed by atoms with Crippen molar-refractivity contribution in [3.63, 3.8) is 0 Å². The van der Waals surface area contributed by atoms with Crippen LogP contribution in [0.25, 0.3) is 22.6 Å². The van der Waals surface area contributed by atoms with Crippen LogP contribution in [-0.2, 0) is 4.79 Å². The smallest absolute Gasteiger partial charge is 0.272 e. The fraction of sp³-hybridized carbons (Fsp3) is 0.323. The second-order valence-electron chi connectivity index (χ2n) is 10.9. The highest BCUT2D eigenvalue weighted by atomic mass is 19.1. The van der Waals surface area contributed by atoms with Crippen molar-refractivity contribution in [1.82, 2.24) is 35.1 Å². The summed E-state index contributed by atoms with van der Waals surface area (Å²) < 4.78 is 42.1. The molecule has 3 atom stereocenters. The predicted octanol–water partition coefficient (Wildman–Crippen LogP) is 4.62. The second-order valence-corrected chi connectivity index (χ2v) is 10.9. The number of tetrazole rings is 1. The number of hydrogen-bond donors (Lipinski definition) is 1. The van der Waals surface area contributed by atoms with Gasteiger partial charge < -0.3 is 14.6 Å². The lowest BCUT2D eigenvalue weighted by Gasteiger charge is -2.35. The zero-order chi connectivity index (χ0) is 32.0. The van der Waals surface area contributed by atoms with E-state index < -0.39 is 18.9 Å². The van der Waals surface area contributed by atoms with Crippen molar-refractivity contribution in [2.45, 2.75) is 38.3 Å². The first-order valence-corrected chi connectivity index (χ1v) is 14.1. The van der Waals surface area contributed by atoms with Crippen LogP contribution in [-0.4, -0.2) is 66.2 Å². The van der Waals surface area contributed by atoms with Crippen molar-refractivity contribution in [2.24, 2.45) is 11.8 Å². The van der Waals surface area contributed by atoms with Gasteiger partial charge in [-0.3, -0.25) is 14.6 Å². The van der Waals surface area contributed by atoms with Crippen LogP contribution in [0.15, 0.2) is 71.3 Å². The van der Waals surface area contributed by atoms with Crippen LogP contribution in [0.1, 0.15) is 51.3 Å². The van der Waals surface area contributed by atoms with Gasteiger partial charge in [0.25, 0.3) is 5.91 Å². The summed E-state index contributed by atoms with van der Waals surface area (Å²) in [5, 5.41) is 14.8. The van der Waals surface area contributed by atoms with Crippen LogP contribution in [0.2, 0.25) is 0 Å². The Morgan fingerprint density at radius 1 is 1.12 bits per heavy atom. The van der Waals surface area contributed by atoms with Gasteiger partial charge in [0.05, 0.1) is 5.92 Å². The Labute approximate surface area is 250 Å². The number of carbonyl (C=O) groups is 2. The number of amides is 2. The molecule has 43 heavy (non-hydrogen) atoms. The molecule has 218 valence electrons. The average Bonchev–Trinajstić information content (AvgIpc) is 3.39. The molecule has 1 aliphatic carbocycles. The molecular weight excluding hydrogens is 551 g/mol. The number of likely N-dealkylation sites (tertiary alicyclic amines) is 1. The van der Waals surface area contributed by atoms with E-state index in [0.717, 1.165) is 5.56 Å². The first kappa shape index (κ1) is 23.6. The molecule has 3 aromatic heterocycles. The monoisotopic (exact) mass is 583 g/mol. The Balaban J connectivity index is 1.05. The predicted molar refractivity (Wildman–Crippen MR) is 155 cm³/mol. The molecule has 1 N–H and O–H groups in total. The summed E-state index contributed by atoms with van der Waals surface area (Å²) in [6.45, 7) is -1.55. The third-order valence-corrected chi connectivity index (χ3v) is 8.02. The lowest BCUT2D eigenvalue weighted by atomic mass is 9.85. The molecule has 11 nitrogen and oxygen atoms in total. The van der Waals surface area contributed by atoms with E-state index in [2.05, 4.69) is 30.7 Å². The third-order valence-electron chi connectivity index (χ3n) is 8.02. The van der Waals surface area contributed by atoms with Gasteiger partial charge in [0.15, 0.2) is 11.4 Å². The zero-order valence-corrected chi connectivity index (χ0v) is 22.9. The largest absolute Gasteiger partial charge is 0.436 e. The van der Waals surface area contributed by atoms with Crippen LogP contribution in [0, 0.1) is 18.7 Å². The highest BCUT2D eigenvalue weighted by molar-refractivity contribution is 5.96. The summed E-state index contributed by atoms with van der Waals surface area (Å²) >= 11 is 0. The van der Waals surface area contributed by atoms with E-state index in [9.17, 15) is 14.0 Å². The van der Waals surface area contributed by atoms with Crippen molar-refractivity contribution in [2.75, 3.05) is 18.4 Å². The van der Waals surface area contributed by atoms with E-state index in [1.54, 1.807) is 35.2 Å². The number of benzene rings is 2. The van der Waals surface area contributed by atoms with Crippen LogP contribution in [0.5, 0.6) is 0 Å². The Bertz CT molecular complexity index is 1910. The maximum atomic E-state index is 13.6. The molecule has 1 unspecified atom stereocenters. The van der Waals surface area contributed by atoms with Gasteiger partial charge in [0, 0.05) is 34.6 Å². The molecule has 12 heteroatoms. The number of anilines is 1. The minimum atomic E-state index is -2.47.